The monoisotopic (exact) mass is 256 g/mol. The van der Waals surface area contributed by atoms with Crippen LogP contribution in [0, 0.1) is 0 Å². The zero-order valence-electron chi connectivity index (χ0n) is 7.40. The summed E-state index contributed by atoms with van der Waals surface area (Å²) in [6.45, 7) is 1.92. The third-order valence-corrected chi connectivity index (χ3v) is 2.61. The molecule has 5 heteroatoms. The molecule has 1 aromatic rings. The number of hydrogen-bond donors (Lipinski definition) is 1. The van der Waals surface area contributed by atoms with Gasteiger partial charge in [-0.05, 0) is 34.5 Å². The molecule has 0 atom stereocenters. The van der Waals surface area contributed by atoms with Crippen LogP contribution in [0.25, 0.3) is 0 Å². The van der Waals surface area contributed by atoms with Gasteiger partial charge in [0.15, 0.2) is 0 Å². The highest BCUT2D eigenvalue weighted by Crippen LogP contribution is 2.22. The van der Waals surface area contributed by atoms with Crippen molar-refractivity contribution in [3.8, 4) is 0 Å². The molecule has 1 aliphatic heterocycles. The molecule has 0 aliphatic carbocycles. The van der Waals surface area contributed by atoms with Crippen molar-refractivity contribution in [3.63, 3.8) is 0 Å². The van der Waals surface area contributed by atoms with E-state index in [9.17, 15) is 4.79 Å². The van der Waals surface area contributed by atoms with Gasteiger partial charge >= 0.3 is 5.97 Å². The van der Waals surface area contributed by atoms with E-state index in [1.807, 2.05) is 0 Å². The first kappa shape index (κ1) is 9.45. The number of hydrogen-bond acceptors (Lipinski definition) is 3. The van der Waals surface area contributed by atoms with Crippen LogP contribution < -0.4 is 4.90 Å². The highest BCUT2D eigenvalue weighted by atomic mass is 79.9. The van der Waals surface area contributed by atoms with Crippen LogP contribution in [0.2, 0.25) is 0 Å². The standard InChI is InChI=1S/C9H9BrN2O2/c10-7-4-6(9(13)14)5-8(11-7)12-2-1-3-12/h4-5H,1-3H2,(H,13,14). The molecule has 1 fully saturated rings. The van der Waals surface area contributed by atoms with E-state index < -0.39 is 5.97 Å². The Kier molecular flexibility index (Phi) is 2.41. The van der Waals surface area contributed by atoms with Crippen molar-refractivity contribution in [1.82, 2.24) is 4.98 Å². The van der Waals surface area contributed by atoms with E-state index in [0.717, 1.165) is 25.3 Å². The Morgan fingerprint density at radius 1 is 1.50 bits per heavy atom. The minimum Gasteiger partial charge on any atom is -0.478 e. The van der Waals surface area contributed by atoms with Crippen molar-refractivity contribution in [2.45, 2.75) is 6.42 Å². The van der Waals surface area contributed by atoms with Crippen molar-refractivity contribution in [3.05, 3.63) is 22.3 Å². The zero-order chi connectivity index (χ0) is 10.1. The highest BCUT2D eigenvalue weighted by molar-refractivity contribution is 9.10. The summed E-state index contributed by atoms with van der Waals surface area (Å²) in [6, 6.07) is 3.11. The number of carbonyl (C=O) groups is 1. The molecule has 0 unspecified atom stereocenters. The van der Waals surface area contributed by atoms with Crippen LogP contribution in [0.4, 0.5) is 5.82 Å². The number of rotatable bonds is 2. The second-order valence-electron chi connectivity index (χ2n) is 3.18. The maximum Gasteiger partial charge on any atom is 0.335 e. The van der Waals surface area contributed by atoms with Crippen LogP contribution in [0.15, 0.2) is 16.7 Å². The fourth-order valence-electron chi connectivity index (χ4n) is 1.31. The second kappa shape index (κ2) is 3.57. The van der Waals surface area contributed by atoms with Crippen LogP contribution in [-0.2, 0) is 0 Å². The van der Waals surface area contributed by atoms with E-state index in [4.69, 9.17) is 5.11 Å². The number of pyridine rings is 1. The number of halogens is 1. The Bertz CT molecular complexity index is 377. The summed E-state index contributed by atoms with van der Waals surface area (Å²) in [5.41, 5.74) is 0.272. The molecule has 2 rings (SSSR count). The molecule has 4 nitrogen and oxygen atoms in total. The van der Waals surface area contributed by atoms with E-state index >= 15 is 0 Å². The van der Waals surface area contributed by atoms with Crippen LogP contribution >= 0.6 is 15.9 Å². The number of aromatic carboxylic acids is 1. The predicted molar refractivity (Wildman–Crippen MR) is 55.7 cm³/mol. The number of carboxylic acids is 1. The molecule has 0 spiro atoms. The van der Waals surface area contributed by atoms with Gasteiger partial charge in [0, 0.05) is 13.1 Å². The van der Waals surface area contributed by atoms with Gasteiger partial charge in [-0.3, -0.25) is 0 Å². The summed E-state index contributed by atoms with van der Waals surface area (Å²) in [6.07, 6.45) is 1.15. The molecular weight excluding hydrogens is 248 g/mol. The van der Waals surface area contributed by atoms with Crippen LogP contribution in [0.3, 0.4) is 0 Å². The first-order chi connectivity index (χ1) is 6.66. The molecule has 0 saturated carbocycles. The molecule has 14 heavy (non-hydrogen) atoms. The average Bonchev–Trinajstić information content (AvgIpc) is 1.99. The van der Waals surface area contributed by atoms with Crippen LogP contribution in [-0.4, -0.2) is 29.1 Å². The Hall–Kier alpha value is -1.10. The van der Waals surface area contributed by atoms with Gasteiger partial charge in [0.25, 0.3) is 0 Å². The molecule has 0 amide bonds. The maximum absolute atomic E-state index is 10.8. The van der Waals surface area contributed by atoms with Crippen molar-refractivity contribution in [2.24, 2.45) is 0 Å². The average molecular weight is 257 g/mol. The van der Waals surface area contributed by atoms with E-state index in [-0.39, 0.29) is 5.56 Å². The molecular formula is C9H9BrN2O2. The summed E-state index contributed by atoms with van der Waals surface area (Å²) in [5, 5.41) is 8.84. The molecule has 0 bridgehead atoms. The molecule has 1 aliphatic rings. The van der Waals surface area contributed by atoms with E-state index in [2.05, 4.69) is 25.8 Å². The quantitative estimate of drug-likeness (QED) is 0.820. The maximum atomic E-state index is 10.8. The summed E-state index contributed by atoms with van der Waals surface area (Å²) >= 11 is 3.20. The Morgan fingerprint density at radius 2 is 2.21 bits per heavy atom. The van der Waals surface area contributed by atoms with E-state index in [1.54, 1.807) is 6.07 Å². The van der Waals surface area contributed by atoms with Gasteiger partial charge in [-0.2, -0.15) is 0 Å². The zero-order valence-corrected chi connectivity index (χ0v) is 8.99. The van der Waals surface area contributed by atoms with Crippen molar-refractivity contribution in [2.75, 3.05) is 18.0 Å². The minimum atomic E-state index is -0.921. The van der Waals surface area contributed by atoms with Crippen molar-refractivity contribution in [1.29, 1.82) is 0 Å². The van der Waals surface area contributed by atoms with Crippen molar-refractivity contribution < 1.29 is 9.90 Å². The Morgan fingerprint density at radius 3 is 2.71 bits per heavy atom. The largest absolute Gasteiger partial charge is 0.478 e. The molecule has 0 radical (unpaired) electrons. The third kappa shape index (κ3) is 1.72. The summed E-state index contributed by atoms with van der Waals surface area (Å²) in [7, 11) is 0. The number of aromatic nitrogens is 1. The number of carboxylic acid groups (broad SMARTS) is 1. The lowest BCUT2D eigenvalue weighted by molar-refractivity contribution is 0.0696. The molecule has 0 aromatic carbocycles. The Balaban J connectivity index is 2.35. The Labute approximate surface area is 89.7 Å². The second-order valence-corrected chi connectivity index (χ2v) is 3.99. The molecule has 1 N–H and O–H groups in total. The fourth-order valence-corrected chi connectivity index (χ4v) is 1.74. The van der Waals surface area contributed by atoms with Gasteiger partial charge in [0.1, 0.15) is 10.4 Å². The summed E-state index contributed by atoms with van der Waals surface area (Å²) in [5.74, 6) is -0.183. The lowest BCUT2D eigenvalue weighted by Crippen LogP contribution is -2.37. The lowest BCUT2D eigenvalue weighted by Gasteiger charge is -2.32. The first-order valence-corrected chi connectivity index (χ1v) is 5.12. The molecule has 74 valence electrons. The summed E-state index contributed by atoms with van der Waals surface area (Å²) < 4.78 is 0.569. The number of anilines is 1. The molecule has 1 aromatic heterocycles. The van der Waals surface area contributed by atoms with Gasteiger partial charge in [-0.25, -0.2) is 9.78 Å². The third-order valence-electron chi connectivity index (χ3n) is 2.21. The SMILES string of the molecule is O=C(O)c1cc(Br)nc(N2CCC2)c1. The lowest BCUT2D eigenvalue weighted by atomic mass is 10.2. The molecule has 2 heterocycles. The predicted octanol–water partition coefficient (Wildman–Crippen LogP) is 1.75. The van der Waals surface area contributed by atoms with Gasteiger partial charge in [-0.15, -0.1) is 0 Å². The van der Waals surface area contributed by atoms with E-state index in [0.29, 0.717) is 4.60 Å². The summed E-state index contributed by atoms with van der Waals surface area (Å²) in [4.78, 5) is 17.0. The smallest absolute Gasteiger partial charge is 0.335 e. The van der Waals surface area contributed by atoms with Gasteiger partial charge < -0.3 is 10.0 Å². The topological polar surface area (TPSA) is 53.4 Å². The number of nitrogens with zero attached hydrogens (tertiary/aromatic N) is 2. The van der Waals surface area contributed by atoms with Gasteiger partial charge in [0.05, 0.1) is 5.56 Å². The van der Waals surface area contributed by atoms with Crippen LogP contribution in [0.5, 0.6) is 0 Å². The van der Waals surface area contributed by atoms with Gasteiger partial charge in [-0.1, -0.05) is 0 Å². The highest BCUT2D eigenvalue weighted by Gasteiger charge is 2.17. The van der Waals surface area contributed by atoms with Crippen LogP contribution in [0.1, 0.15) is 16.8 Å². The van der Waals surface area contributed by atoms with Crippen molar-refractivity contribution >= 4 is 27.7 Å². The van der Waals surface area contributed by atoms with Gasteiger partial charge in [0.2, 0.25) is 0 Å². The van der Waals surface area contributed by atoms with E-state index in [1.165, 1.54) is 6.07 Å². The first-order valence-electron chi connectivity index (χ1n) is 4.32. The molecule has 1 saturated heterocycles. The normalized spacial score (nSPS) is 15.1. The minimum absolute atomic E-state index is 0.272. The fraction of sp³-hybridized carbons (Fsp3) is 0.333.